The number of carboxylic acid groups (broad SMARTS) is 1. The maximum Gasteiger partial charge on any atom is 0.337 e. The number of carboxylic acids is 1. The fourth-order valence-electron chi connectivity index (χ4n) is 4.38. The third-order valence-electron chi connectivity index (χ3n) is 6.10. The molecule has 0 bridgehead atoms. The van der Waals surface area contributed by atoms with E-state index >= 15 is 0 Å². The normalized spacial score (nSPS) is 13.7. The molecule has 1 aromatic heterocycles. The summed E-state index contributed by atoms with van der Waals surface area (Å²) in [4.78, 5) is 32.0. The van der Waals surface area contributed by atoms with Gasteiger partial charge in [-0.2, -0.15) is 0 Å². The summed E-state index contributed by atoms with van der Waals surface area (Å²) in [7, 11) is 1.51. The predicted octanol–water partition coefficient (Wildman–Crippen LogP) is 4.44. The van der Waals surface area contributed by atoms with Crippen LogP contribution in [0.3, 0.4) is 0 Å². The van der Waals surface area contributed by atoms with Gasteiger partial charge >= 0.3 is 5.97 Å². The summed E-state index contributed by atoms with van der Waals surface area (Å²) in [5.74, 6) is -0.0428. The molecule has 2 aromatic carbocycles. The SMILES string of the molecule is CCOc1cccc(C(=O)c2ncc(C(=O)O)c3cc(OCCCN4CCCC4)c(OC)cc23)c1. The Labute approximate surface area is 204 Å². The molecule has 1 N–H and O–H groups in total. The number of hydrogen-bond acceptors (Lipinski definition) is 7. The van der Waals surface area contributed by atoms with Crippen LogP contribution in [0.1, 0.15) is 52.6 Å². The van der Waals surface area contributed by atoms with Crippen LogP contribution in [-0.4, -0.2) is 66.7 Å². The zero-order valence-electron chi connectivity index (χ0n) is 20.1. The lowest BCUT2D eigenvalue weighted by Gasteiger charge is -2.17. The summed E-state index contributed by atoms with van der Waals surface area (Å²) in [6.07, 6.45) is 4.54. The number of carbonyl (C=O) groups is 2. The van der Waals surface area contributed by atoms with E-state index in [0.29, 0.717) is 46.8 Å². The Hall–Kier alpha value is -3.65. The van der Waals surface area contributed by atoms with Gasteiger partial charge in [0.25, 0.3) is 0 Å². The van der Waals surface area contributed by atoms with Gasteiger partial charge in [0.15, 0.2) is 11.5 Å². The Kier molecular flexibility index (Phi) is 7.82. The lowest BCUT2D eigenvalue weighted by atomic mass is 9.99. The van der Waals surface area contributed by atoms with E-state index in [0.717, 1.165) is 26.1 Å². The largest absolute Gasteiger partial charge is 0.494 e. The number of fused-ring (bicyclic) bond motifs is 1. The van der Waals surface area contributed by atoms with Gasteiger partial charge in [-0.15, -0.1) is 0 Å². The van der Waals surface area contributed by atoms with Crippen molar-refractivity contribution in [3.8, 4) is 17.2 Å². The summed E-state index contributed by atoms with van der Waals surface area (Å²) in [6.45, 7) is 6.02. The van der Waals surface area contributed by atoms with E-state index in [9.17, 15) is 14.7 Å². The molecule has 0 spiro atoms. The summed E-state index contributed by atoms with van der Waals surface area (Å²) in [5, 5.41) is 10.5. The standard InChI is InChI=1S/C27H30N2O6/c1-3-34-19-9-6-8-18(14-19)26(30)25-21-16-23(33-2)24(15-20(21)22(17-28-25)27(31)32)35-13-7-12-29-10-4-5-11-29/h6,8-9,14-17H,3-5,7,10-13H2,1-2H3,(H,31,32). The van der Waals surface area contributed by atoms with Crippen LogP contribution in [0.5, 0.6) is 17.2 Å². The fourth-order valence-corrected chi connectivity index (χ4v) is 4.38. The van der Waals surface area contributed by atoms with Crippen LogP contribution < -0.4 is 14.2 Å². The number of aromatic nitrogens is 1. The van der Waals surface area contributed by atoms with Crippen molar-refractivity contribution in [3.05, 3.63) is 59.4 Å². The van der Waals surface area contributed by atoms with E-state index < -0.39 is 5.97 Å². The Bertz CT molecular complexity index is 1220. The van der Waals surface area contributed by atoms with Gasteiger partial charge in [0.2, 0.25) is 5.78 Å². The van der Waals surface area contributed by atoms with Gasteiger partial charge in [-0.05, 0) is 63.5 Å². The first-order valence-corrected chi connectivity index (χ1v) is 11.9. The summed E-state index contributed by atoms with van der Waals surface area (Å²) >= 11 is 0. The molecule has 4 rings (SSSR count). The van der Waals surface area contributed by atoms with Crippen LogP contribution in [0.4, 0.5) is 0 Å². The highest BCUT2D eigenvalue weighted by molar-refractivity contribution is 6.18. The zero-order valence-corrected chi connectivity index (χ0v) is 20.1. The lowest BCUT2D eigenvalue weighted by Crippen LogP contribution is -2.22. The van der Waals surface area contributed by atoms with Crippen molar-refractivity contribution in [2.75, 3.05) is 40.0 Å². The zero-order chi connectivity index (χ0) is 24.8. The van der Waals surface area contributed by atoms with Crippen LogP contribution in [-0.2, 0) is 0 Å². The second-order valence-corrected chi connectivity index (χ2v) is 8.42. The number of ether oxygens (including phenoxy) is 3. The minimum atomic E-state index is -1.13. The Morgan fingerprint density at radius 2 is 1.83 bits per heavy atom. The summed E-state index contributed by atoms with van der Waals surface area (Å²) in [5.41, 5.74) is 0.524. The Balaban J connectivity index is 1.67. The van der Waals surface area contributed by atoms with Crippen molar-refractivity contribution < 1.29 is 28.9 Å². The van der Waals surface area contributed by atoms with Gasteiger partial charge in [-0.3, -0.25) is 9.78 Å². The number of rotatable bonds is 11. The van der Waals surface area contributed by atoms with E-state index in [-0.39, 0.29) is 17.0 Å². The van der Waals surface area contributed by atoms with Crippen molar-refractivity contribution in [2.24, 2.45) is 0 Å². The van der Waals surface area contributed by atoms with E-state index in [1.807, 2.05) is 6.92 Å². The number of benzene rings is 2. The van der Waals surface area contributed by atoms with Crippen LogP contribution >= 0.6 is 0 Å². The molecule has 0 amide bonds. The molecular weight excluding hydrogens is 448 g/mol. The molecule has 0 atom stereocenters. The van der Waals surface area contributed by atoms with Gasteiger partial charge in [0, 0.05) is 29.1 Å². The molecule has 35 heavy (non-hydrogen) atoms. The lowest BCUT2D eigenvalue weighted by molar-refractivity contribution is 0.0698. The Morgan fingerprint density at radius 1 is 1.06 bits per heavy atom. The van der Waals surface area contributed by atoms with E-state index in [1.54, 1.807) is 36.4 Å². The van der Waals surface area contributed by atoms with Crippen molar-refractivity contribution >= 4 is 22.5 Å². The summed E-state index contributed by atoms with van der Waals surface area (Å²) in [6, 6.07) is 10.1. The molecule has 2 heterocycles. The molecule has 184 valence electrons. The van der Waals surface area contributed by atoms with Crippen LogP contribution in [0, 0.1) is 0 Å². The minimum Gasteiger partial charge on any atom is -0.494 e. The number of hydrogen-bond donors (Lipinski definition) is 1. The highest BCUT2D eigenvalue weighted by atomic mass is 16.5. The molecule has 8 nitrogen and oxygen atoms in total. The smallest absolute Gasteiger partial charge is 0.337 e. The molecule has 0 aliphatic carbocycles. The third-order valence-corrected chi connectivity index (χ3v) is 6.10. The number of aromatic carboxylic acids is 1. The molecule has 1 saturated heterocycles. The second-order valence-electron chi connectivity index (χ2n) is 8.42. The first kappa shape index (κ1) is 24.5. The molecule has 1 aliphatic heterocycles. The molecule has 1 aliphatic rings. The van der Waals surface area contributed by atoms with Crippen molar-refractivity contribution in [2.45, 2.75) is 26.2 Å². The van der Waals surface area contributed by atoms with Gasteiger partial charge in [-0.1, -0.05) is 12.1 Å². The van der Waals surface area contributed by atoms with Gasteiger partial charge in [0.1, 0.15) is 11.4 Å². The van der Waals surface area contributed by atoms with Crippen molar-refractivity contribution in [1.29, 1.82) is 0 Å². The highest BCUT2D eigenvalue weighted by Crippen LogP contribution is 2.36. The van der Waals surface area contributed by atoms with Gasteiger partial charge in [0.05, 0.1) is 25.9 Å². The van der Waals surface area contributed by atoms with Crippen LogP contribution in [0.2, 0.25) is 0 Å². The van der Waals surface area contributed by atoms with E-state index in [4.69, 9.17) is 14.2 Å². The number of ketones is 1. The Morgan fingerprint density at radius 3 is 2.54 bits per heavy atom. The average Bonchev–Trinajstić information content (AvgIpc) is 3.39. The molecule has 0 radical (unpaired) electrons. The molecule has 0 unspecified atom stereocenters. The molecule has 8 heteroatoms. The van der Waals surface area contributed by atoms with E-state index in [1.165, 1.54) is 26.1 Å². The first-order valence-electron chi connectivity index (χ1n) is 11.9. The molecule has 1 fully saturated rings. The number of nitrogens with zero attached hydrogens (tertiary/aromatic N) is 2. The topological polar surface area (TPSA) is 98.2 Å². The number of pyridine rings is 1. The van der Waals surface area contributed by atoms with Crippen molar-refractivity contribution in [1.82, 2.24) is 9.88 Å². The number of likely N-dealkylation sites (tertiary alicyclic amines) is 1. The average molecular weight is 479 g/mol. The van der Waals surface area contributed by atoms with Gasteiger partial charge < -0.3 is 24.2 Å². The molecule has 3 aromatic rings. The summed E-state index contributed by atoms with van der Waals surface area (Å²) < 4.78 is 17.0. The first-order chi connectivity index (χ1) is 17.0. The molecule has 0 saturated carbocycles. The maximum absolute atomic E-state index is 13.4. The highest BCUT2D eigenvalue weighted by Gasteiger charge is 2.22. The molecular formula is C27H30N2O6. The second kappa shape index (κ2) is 11.2. The van der Waals surface area contributed by atoms with E-state index in [2.05, 4.69) is 9.88 Å². The van der Waals surface area contributed by atoms with Crippen LogP contribution in [0.25, 0.3) is 10.8 Å². The minimum absolute atomic E-state index is 0.0100. The predicted molar refractivity (Wildman–Crippen MR) is 132 cm³/mol. The monoisotopic (exact) mass is 478 g/mol. The van der Waals surface area contributed by atoms with Crippen LogP contribution in [0.15, 0.2) is 42.6 Å². The third kappa shape index (κ3) is 5.54. The maximum atomic E-state index is 13.4. The fraction of sp³-hybridized carbons (Fsp3) is 0.370. The number of methoxy groups -OCH3 is 1. The quantitative estimate of drug-likeness (QED) is 0.319. The van der Waals surface area contributed by atoms with Crippen molar-refractivity contribution in [3.63, 3.8) is 0 Å². The van der Waals surface area contributed by atoms with Gasteiger partial charge in [-0.25, -0.2) is 4.79 Å². The number of carbonyl (C=O) groups excluding carboxylic acids is 1.